The molecule has 76 valence electrons. The number of carbonyl (C=O) groups excluding carboxylic acids is 1. The number of hydrogen-bond acceptors (Lipinski definition) is 4. The first kappa shape index (κ1) is 10.4. The van der Waals surface area contributed by atoms with Crippen molar-refractivity contribution in [1.82, 2.24) is 4.98 Å². The third kappa shape index (κ3) is 2.69. The normalized spacial score (nSPS) is 9.86. The molecule has 0 aliphatic carbocycles. The molecular formula is C9H10FNO3. The Kier molecular flexibility index (Phi) is 3.39. The Labute approximate surface area is 80.3 Å². The summed E-state index contributed by atoms with van der Waals surface area (Å²) in [4.78, 5) is 14.4. The van der Waals surface area contributed by atoms with Gasteiger partial charge in [0.1, 0.15) is 5.75 Å². The summed E-state index contributed by atoms with van der Waals surface area (Å²) in [5, 5.41) is 9.22. The van der Waals surface area contributed by atoms with Gasteiger partial charge >= 0.3 is 5.97 Å². The second kappa shape index (κ2) is 4.55. The molecule has 0 fully saturated rings. The second-order valence-electron chi connectivity index (χ2n) is 2.58. The summed E-state index contributed by atoms with van der Waals surface area (Å²) in [6.07, 6.45) is -0.225. The maximum absolute atomic E-state index is 12.6. The molecule has 1 aromatic rings. The zero-order valence-electron chi connectivity index (χ0n) is 7.66. The number of nitrogens with zero attached hydrogens (tertiary/aromatic N) is 1. The van der Waals surface area contributed by atoms with Crippen LogP contribution < -0.4 is 0 Å². The smallest absolute Gasteiger partial charge is 0.312 e. The molecule has 4 nitrogen and oxygen atoms in total. The minimum absolute atomic E-state index is 0.0107. The van der Waals surface area contributed by atoms with Gasteiger partial charge in [0.25, 0.3) is 0 Å². The van der Waals surface area contributed by atoms with Crippen molar-refractivity contribution in [2.75, 3.05) is 6.61 Å². The van der Waals surface area contributed by atoms with Crippen LogP contribution >= 0.6 is 0 Å². The van der Waals surface area contributed by atoms with Crippen LogP contribution in [0.25, 0.3) is 0 Å². The highest BCUT2D eigenvalue weighted by Crippen LogP contribution is 2.15. The predicted octanol–water partition coefficient (Wildman–Crippen LogP) is 1.03. The average molecular weight is 199 g/mol. The SMILES string of the molecule is CCOC(=O)Cc1nc(F)ccc1O. The molecule has 1 rings (SSSR count). The zero-order chi connectivity index (χ0) is 10.6. The van der Waals surface area contributed by atoms with Crippen molar-refractivity contribution < 1.29 is 19.0 Å². The van der Waals surface area contributed by atoms with Crippen molar-refractivity contribution in [3.8, 4) is 5.75 Å². The summed E-state index contributed by atoms with van der Waals surface area (Å²) in [6.45, 7) is 1.91. The van der Waals surface area contributed by atoms with Gasteiger partial charge in [-0.05, 0) is 19.1 Å². The van der Waals surface area contributed by atoms with E-state index in [-0.39, 0.29) is 24.5 Å². The van der Waals surface area contributed by atoms with Crippen LogP contribution in [0.3, 0.4) is 0 Å². The molecule has 0 aliphatic rings. The van der Waals surface area contributed by atoms with E-state index in [1.54, 1.807) is 6.92 Å². The standard InChI is InChI=1S/C9H10FNO3/c1-2-14-9(13)5-6-7(12)3-4-8(10)11-6/h3-4,12H,2,5H2,1H3. The number of carbonyl (C=O) groups is 1. The van der Waals surface area contributed by atoms with Gasteiger partial charge in [-0.2, -0.15) is 4.39 Å². The van der Waals surface area contributed by atoms with Gasteiger partial charge in [0, 0.05) is 0 Å². The highest BCUT2D eigenvalue weighted by Gasteiger charge is 2.10. The molecule has 1 aromatic heterocycles. The fourth-order valence-corrected chi connectivity index (χ4v) is 0.946. The van der Waals surface area contributed by atoms with E-state index in [0.29, 0.717) is 0 Å². The summed E-state index contributed by atoms with van der Waals surface area (Å²) in [5.41, 5.74) is -0.0107. The van der Waals surface area contributed by atoms with Gasteiger partial charge in [0.05, 0.1) is 18.7 Å². The number of pyridine rings is 1. The van der Waals surface area contributed by atoms with E-state index in [9.17, 15) is 14.3 Å². The van der Waals surface area contributed by atoms with Crippen molar-refractivity contribution in [2.24, 2.45) is 0 Å². The van der Waals surface area contributed by atoms with E-state index in [1.165, 1.54) is 0 Å². The van der Waals surface area contributed by atoms with Crippen LogP contribution in [-0.2, 0) is 16.0 Å². The van der Waals surface area contributed by atoms with E-state index in [2.05, 4.69) is 9.72 Å². The van der Waals surface area contributed by atoms with Gasteiger partial charge < -0.3 is 9.84 Å². The first-order valence-corrected chi connectivity index (χ1v) is 4.13. The molecule has 14 heavy (non-hydrogen) atoms. The molecule has 0 aliphatic heterocycles. The molecule has 0 saturated heterocycles. The summed E-state index contributed by atoms with van der Waals surface area (Å²) in [7, 11) is 0. The van der Waals surface area contributed by atoms with Crippen molar-refractivity contribution in [3.05, 3.63) is 23.8 Å². The third-order valence-electron chi connectivity index (χ3n) is 1.53. The van der Waals surface area contributed by atoms with Crippen molar-refractivity contribution >= 4 is 5.97 Å². The topological polar surface area (TPSA) is 59.4 Å². The first-order chi connectivity index (χ1) is 6.63. The van der Waals surface area contributed by atoms with Crippen molar-refractivity contribution in [3.63, 3.8) is 0 Å². The number of esters is 1. The lowest BCUT2D eigenvalue weighted by atomic mass is 10.2. The Balaban J connectivity index is 2.75. The number of aromatic nitrogens is 1. The number of halogens is 1. The van der Waals surface area contributed by atoms with Crippen LogP contribution in [0, 0.1) is 5.95 Å². The number of rotatable bonds is 3. The van der Waals surface area contributed by atoms with Crippen LogP contribution in [0.15, 0.2) is 12.1 Å². The molecule has 0 radical (unpaired) electrons. The van der Waals surface area contributed by atoms with Crippen LogP contribution in [0.5, 0.6) is 5.75 Å². The average Bonchev–Trinajstić information content (AvgIpc) is 2.12. The zero-order valence-corrected chi connectivity index (χ0v) is 7.66. The number of hydrogen-bond donors (Lipinski definition) is 1. The Bertz CT molecular complexity index is 341. The fourth-order valence-electron chi connectivity index (χ4n) is 0.946. The molecule has 0 amide bonds. The van der Waals surface area contributed by atoms with Crippen molar-refractivity contribution in [1.29, 1.82) is 0 Å². The Morgan fingerprint density at radius 2 is 2.36 bits per heavy atom. The molecule has 0 spiro atoms. The maximum Gasteiger partial charge on any atom is 0.312 e. The van der Waals surface area contributed by atoms with Gasteiger partial charge in [0.15, 0.2) is 0 Å². The van der Waals surface area contributed by atoms with Crippen LogP contribution in [-0.4, -0.2) is 22.7 Å². The van der Waals surface area contributed by atoms with Gasteiger partial charge in [-0.3, -0.25) is 4.79 Å². The van der Waals surface area contributed by atoms with E-state index in [4.69, 9.17) is 0 Å². The van der Waals surface area contributed by atoms with E-state index < -0.39 is 11.9 Å². The fraction of sp³-hybridized carbons (Fsp3) is 0.333. The Morgan fingerprint density at radius 3 is 3.00 bits per heavy atom. The number of aromatic hydroxyl groups is 1. The van der Waals surface area contributed by atoms with E-state index in [1.807, 2.05) is 0 Å². The molecule has 0 unspecified atom stereocenters. The van der Waals surface area contributed by atoms with Gasteiger partial charge in [-0.15, -0.1) is 0 Å². The molecule has 5 heteroatoms. The molecule has 1 heterocycles. The number of ether oxygens (including phenoxy) is 1. The molecule has 1 N–H and O–H groups in total. The lowest BCUT2D eigenvalue weighted by Crippen LogP contribution is -2.09. The summed E-state index contributed by atoms with van der Waals surface area (Å²) >= 11 is 0. The quantitative estimate of drug-likeness (QED) is 0.583. The molecule has 0 saturated carbocycles. The predicted molar refractivity (Wildman–Crippen MR) is 46.2 cm³/mol. The second-order valence-corrected chi connectivity index (χ2v) is 2.58. The monoisotopic (exact) mass is 199 g/mol. The van der Waals surface area contributed by atoms with Crippen molar-refractivity contribution in [2.45, 2.75) is 13.3 Å². The summed E-state index contributed by atoms with van der Waals surface area (Å²) in [5.74, 6) is -1.48. The molecule has 0 atom stereocenters. The van der Waals surface area contributed by atoms with Crippen LogP contribution in [0.1, 0.15) is 12.6 Å². The lowest BCUT2D eigenvalue weighted by molar-refractivity contribution is -0.142. The Morgan fingerprint density at radius 1 is 1.64 bits per heavy atom. The van der Waals surface area contributed by atoms with E-state index >= 15 is 0 Å². The van der Waals surface area contributed by atoms with Gasteiger partial charge in [-0.1, -0.05) is 0 Å². The minimum Gasteiger partial charge on any atom is -0.506 e. The summed E-state index contributed by atoms with van der Waals surface area (Å²) in [6, 6.07) is 2.17. The molecule has 0 aromatic carbocycles. The summed E-state index contributed by atoms with van der Waals surface area (Å²) < 4.78 is 17.2. The van der Waals surface area contributed by atoms with E-state index in [0.717, 1.165) is 12.1 Å². The maximum atomic E-state index is 12.6. The van der Waals surface area contributed by atoms with Gasteiger partial charge in [-0.25, -0.2) is 4.98 Å². The molecule has 0 bridgehead atoms. The lowest BCUT2D eigenvalue weighted by Gasteiger charge is -2.03. The van der Waals surface area contributed by atoms with Crippen LogP contribution in [0.4, 0.5) is 4.39 Å². The molecular weight excluding hydrogens is 189 g/mol. The minimum atomic E-state index is -0.734. The highest BCUT2D eigenvalue weighted by atomic mass is 19.1. The van der Waals surface area contributed by atoms with Crippen LogP contribution in [0.2, 0.25) is 0 Å². The Hall–Kier alpha value is -1.65. The largest absolute Gasteiger partial charge is 0.506 e. The highest BCUT2D eigenvalue weighted by molar-refractivity contribution is 5.72. The first-order valence-electron chi connectivity index (χ1n) is 4.13. The third-order valence-corrected chi connectivity index (χ3v) is 1.53. The van der Waals surface area contributed by atoms with Gasteiger partial charge in [0.2, 0.25) is 5.95 Å².